The number of carbonyl (C=O) groups excluding carboxylic acids is 1. The third kappa shape index (κ3) is 10.3. The van der Waals surface area contributed by atoms with Crippen molar-refractivity contribution in [1.82, 2.24) is 0 Å². The molecule has 6 heteroatoms. The van der Waals surface area contributed by atoms with E-state index in [0.717, 1.165) is 7.11 Å². The molecule has 0 saturated carbocycles. The summed E-state index contributed by atoms with van der Waals surface area (Å²) in [6.45, 7) is 5.21. The molecule has 0 aliphatic heterocycles. The van der Waals surface area contributed by atoms with Crippen molar-refractivity contribution in [2.24, 2.45) is 0 Å². The molecule has 5 nitrogen and oxygen atoms in total. The molecule has 0 aromatic heterocycles. The number of rotatable bonds is 0. The summed E-state index contributed by atoms with van der Waals surface area (Å²) in [6.07, 6.45) is -1.52. The Morgan fingerprint density at radius 3 is 2.15 bits per heavy atom. The monoisotopic (exact) mass is 215 g/mol. The van der Waals surface area contributed by atoms with Crippen LogP contribution >= 0.6 is 0 Å². The average molecular weight is 215 g/mol. The molecule has 0 spiro atoms. The smallest absolute Gasteiger partial charge is 1.00 e. The number of carbonyl (C=O) groups is 1. The van der Waals surface area contributed by atoms with Crippen LogP contribution in [-0.2, 0) is 14.2 Å². The fraction of sp³-hybridized carbons (Fsp3) is 0.714. The van der Waals surface area contributed by atoms with Crippen molar-refractivity contribution in [3.63, 3.8) is 0 Å². The molecule has 1 N–H and O–H groups in total. The van der Waals surface area contributed by atoms with Gasteiger partial charge < -0.3 is 15.6 Å². The van der Waals surface area contributed by atoms with Crippen molar-refractivity contribution in [2.45, 2.75) is 26.4 Å². The van der Waals surface area contributed by atoms with E-state index in [2.05, 4.69) is 9.47 Å². The van der Waals surface area contributed by atoms with E-state index in [1.54, 1.807) is 20.8 Å². The van der Waals surface area contributed by atoms with Gasteiger partial charge in [-0.15, -0.1) is 0 Å². The van der Waals surface area contributed by atoms with Gasteiger partial charge in [0.25, 0.3) is 0 Å². The van der Waals surface area contributed by atoms with Crippen molar-refractivity contribution in [3.05, 3.63) is 0 Å². The second-order valence-electron chi connectivity index (χ2n) is 3.06. The largest absolute Gasteiger partial charge is 1.00 e. The van der Waals surface area contributed by atoms with Crippen LogP contribution in [0.5, 0.6) is 0 Å². The second kappa shape index (κ2) is 6.77. The van der Waals surface area contributed by atoms with E-state index >= 15 is 0 Å². The van der Waals surface area contributed by atoms with Crippen molar-refractivity contribution in [3.8, 4) is 0 Å². The van der Waals surface area contributed by atoms with E-state index in [9.17, 15) is 4.79 Å². The number of hydrogen-bond acceptors (Lipinski definition) is 5. The van der Waals surface area contributed by atoms with Crippen LogP contribution in [0.15, 0.2) is 0 Å². The maximum Gasteiger partial charge on any atom is 1.00 e. The van der Waals surface area contributed by atoms with Crippen LogP contribution in [0, 0.1) is 5.41 Å². The minimum absolute atomic E-state index is 0. The van der Waals surface area contributed by atoms with Gasteiger partial charge in [-0.05, 0) is 20.8 Å². The molecule has 0 heterocycles. The Balaban J connectivity index is -0.000000605. The van der Waals surface area contributed by atoms with Crippen molar-refractivity contribution >= 4 is 12.2 Å². The molecule has 0 aromatic rings. The molecule has 13 heavy (non-hydrogen) atoms. The Morgan fingerprint density at radius 2 is 1.85 bits per heavy atom. The molecule has 0 radical (unpaired) electrons. The summed E-state index contributed by atoms with van der Waals surface area (Å²) < 4.78 is 13.3. The van der Waals surface area contributed by atoms with Gasteiger partial charge in [-0.2, -0.15) is 0 Å². The van der Waals surface area contributed by atoms with Crippen LogP contribution in [0.3, 0.4) is 0 Å². The van der Waals surface area contributed by atoms with Crippen molar-refractivity contribution in [1.29, 1.82) is 5.41 Å². The molecule has 0 aromatic carbocycles. The van der Waals surface area contributed by atoms with E-state index in [1.165, 1.54) is 0 Å². The van der Waals surface area contributed by atoms with E-state index in [4.69, 9.17) is 10.1 Å². The number of methoxy groups -OCH3 is 1. The summed E-state index contributed by atoms with van der Waals surface area (Å²) in [6, 6.07) is 0. The summed E-state index contributed by atoms with van der Waals surface area (Å²) >= 11 is 0. The third-order valence-electron chi connectivity index (χ3n) is 0.742. The van der Waals surface area contributed by atoms with Gasteiger partial charge in [0.05, 0.1) is 7.11 Å². The first-order valence-electron chi connectivity index (χ1n) is 3.38. The molecule has 0 saturated heterocycles. The Labute approximate surface area is 122 Å². The first kappa shape index (κ1) is 15.8. The van der Waals surface area contributed by atoms with Crippen molar-refractivity contribution < 1.29 is 71.8 Å². The van der Waals surface area contributed by atoms with E-state index in [1.807, 2.05) is 0 Å². The van der Waals surface area contributed by atoms with Gasteiger partial charge >= 0.3 is 63.6 Å². The zero-order valence-corrected chi connectivity index (χ0v) is 11.8. The maximum atomic E-state index is 10.4. The van der Waals surface area contributed by atoms with Crippen LogP contribution in [0.4, 0.5) is 4.79 Å². The number of hydrogen-bond donors (Lipinski definition) is 1. The Bertz CT molecular complexity index is 193. The molecular formula is C7H14KNO4. The Morgan fingerprint density at radius 1 is 1.38 bits per heavy atom. The van der Waals surface area contributed by atoms with Gasteiger partial charge in [-0.25, -0.2) is 10.2 Å². The van der Waals surface area contributed by atoms with Crippen LogP contribution in [-0.4, -0.2) is 25.0 Å². The fourth-order valence-electron chi connectivity index (χ4n) is 0.416. The fourth-order valence-corrected chi connectivity index (χ4v) is 0.416. The van der Waals surface area contributed by atoms with Gasteiger partial charge in [0.2, 0.25) is 0 Å². The number of nitrogens with one attached hydrogen (secondary N) is 1. The van der Waals surface area contributed by atoms with Gasteiger partial charge in [0.15, 0.2) is 0 Å². The van der Waals surface area contributed by atoms with Crippen LogP contribution in [0.2, 0.25) is 0 Å². The first-order valence-corrected chi connectivity index (χ1v) is 3.38. The molecule has 0 aliphatic rings. The van der Waals surface area contributed by atoms with Crippen LogP contribution < -0.4 is 51.4 Å². The Kier molecular flexibility index (Phi) is 8.25. The summed E-state index contributed by atoms with van der Waals surface area (Å²) in [5.41, 5.74) is -0.550. The third-order valence-corrected chi connectivity index (χ3v) is 0.742. The zero-order valence-electron chi connectivity index (χ0n) is 9.63. The van der Waals surface area contributed by atoms with Gasteiger partial charge in [0, 0.05) is 0 Å². The summed E-state index contributed by atoms with van der Waals surface area (Å²) in [4.78, 5) is 10.4. The van der Waals surface area contributed by atoms with Crippen LogP contribution in [0.1, 0.15) is 22.2 Å². The van der Waals surface area contributed by atoms with Crippen LogP contribution in [0.25, 0.3) is 0 Å². The van der Waals surface area contributed by atoms with Gasteiger partial charge in [-0.3, -0.25) is 0 Å². The summed E-state index contributed by atoms with van der Waals surface area (Å²) in [5, 5.41) is 7.03. The summed E-state index contributed by atoms with van der Waals surface area (Å²) in [5.74, 6) is 0. The zero-order chi connectivity index (χ0) is 9.78. The minimum Gasteiger partial charge on any atom is -1.00 e. The van der Waals surface area contributed by atoms with E-state index < -0.39 is 17.8 Å². The molecule has 0 atom stereocenters. The average Bonchev–Trinajstić information content (AvgIpc) is 1.82. The minimum atomic E-state index is -0.954. The standard InChI is InChI=1S/C7H13NO4.K.H/c1-7(2,3)12-5(8)11-6(9)10-4;;/h8H,1-4H3;;/q;+1;-1. The second-order valence-corrected chi connectivity index (χ2v) is 3.06. The molecule has 0 rings (SSSR count). The molecule has 0 amide bonds. The van der Waals surface area contributed by atoms with Gasteiger partial charge in [0.1, 0.15) is 5.60 Å². The molecule has 0 aliphatic carbocycles. The molecule has 72 valence electrons. The Hall–Kier alpha value is 0.376. The SMILES string of the molecule is COC(=O)OC(=N)OC(C)(C)C.[H-].[K+]. The quantitative estimate of drug-likeness (QED) is 0.234. The first-order chi connectivity index (χ1) is 5.35. The van der Waals surface area contributed by atoms with E-state index in [-0.39, 0.29) is 52.8 Å². The summed E-state index contributed by atoms with van der Waals surface area (Å²) in [7, 11) is 1.16. The predicted molar refractivity (Wildman–Crippen MR) is 43.2 cm³/mol. The normalized spacial score (nSPS) is 9.54. The van der Waals surface area contributed by atoms with E-state index in [0.29, 0.717) is 0 Å². The van der Waals surface area contributed by atoms with Crippen molar-refractivity contribution in [2.75, 3.05) is 7.11 Å². The number of ether oxygens (including phenoxy) is 3. The molecule has 0 bridgehead atoms. The van der Waals surface area contributed by atoms with Gasteiger partial charge in [-0.1, -0.05) is 0 Å². The molecule has 0 unspecified atom stereocenters. The topological polar surface area (TPSA) is 68.6 Å². The predicted octanol–water partition coefficient (Wildman–Crippen LogP) is -1.36. The molecular weight excluding hydrogens is 201 g/mol. The molecule has 0 fully saturated rings. The maximum absolute atomic E-state index is 10.4.